The highest BCUT2D eigenvalue weighted by atomic mass is 32.2. The van der Waals surface area contributed by atoms with E-state index in [1.54, 1.807) is 12.1 Å². The molecule has 1 saturated heterocycles. The fraction of sp³-hybridized carbons (Fsp3) is 0.455. The van der Waals surface area contributed by atoms with E-state index in [9.17, 15) is 8.42 Å². The second kappa shape index (κ2) is 10.2. The van der Waals surface area contributed by atoms with E-state index < -0.39 is 10.0 Å². The zero-order valence-electron chi connectivity index (χ0n) is 17.1. The molecule has 1 aliphatic heterocycles. The first kappa shape index (κ1) is 21.8. The summed E-state index contributed by atoms with van der Waals surface area (Å²) in [6.07, 6.45) is 1.81. The van der Waals surface area contributed by atoms with Gasteiger partial charge in [0.05, 0.1) is 19.8 Å². The second-order valence-electron chi connectivity index (χ2n) is 7.33. The van der Waals surface area contributed by atoms with E-state index in [0.717, 1.165) is 44.6 Å². The Balaban J connectivity index is 1.44. The van der Waals surface area contributed by atoms with Crippen LogP contribution in [0.2, 0.25) is 0 Å². The molecule has 3 rings (SSSR count). The van der Waals surface area contributed by atoms with Gasteiger partial charge in [-0.15, -0.1) is 0 Å². The molecule has 6 nitrogen and oxygen atoms in total. The highest BCUT2D eigenvalue weighted by molar-refractivity contribution is 7.89. The van der Waals surface area contributed by atoms with Gasteiger partial charge in [-0.25, -0.2) is 13.1 Å². The maximum atomic E-state index is 12.6. The monoisotopic (exact) mass is 418 g/mol. The molecule has 1 atom stereocenters. The number of unbranched alkanes of at least 4 members (excludes halogenated alkanes) is 1. The molecule has 0 aromatic heterocycles. The minimum absolute atomic E-state index is 0.109. The van der Waals surface area contributed by atoms with Crippen molar-refractivity contribution in [2.24, 2.45) is 0 Å². The Bertz CT molecular complexity index is 887. The van der Waals surface area contributed by atoms with Gasteiger partial charge < -0.3 is 9.47 Å². The van der Waals surface area contributed by atoms with Crippen LogP contribution in [-0.2, 0) is 14.8 Å². The van der Waals surface area contributed by atoms with E-state index in [4.69, 9.17) is 9.47 Å². The molecule has 7 heteroatoms. The summed E-state index contributed by atoms with van der Waals surface area (Å²) < 4.78 is 39.0. The Morgan fingerprint density at radius 3 is 2.72 bits per heavy atom. The molecule has 2 aromatic carbocycles. The molecule has 1 N–H and O–H groups in total. The fourth-order valence-corrected chi connectivity index (χ4v) is 4.84. The number of methoxy groups -OCH3 is 1. The van der Waals surface area contributed by atoms with E-state index >= 15 is 0 Å². The van der Waals surface area contributed by atoms with Gasteiger partial charge in [0.25, 0.3) is 0 Å². The number of rotatable bonds is 9. The van der Waals surface area contributed by atoms with Crippen molar-refractivity contribution in [3.8, 4) is 5.75 Å². The molecule has 0 spiro atoms. The van der Waals surface area contributed by atoms with Gasteiger partial charge in [-0.05, 0) is 49.6 Å². The van der Waals surface area contributed by atoms with Crippen molar-refractivity contribution in [3.63, 3.8) is 0 Å². The highest BCUT2D eigenvalue weighted by Crippen LogP contribution is 2.25. The minimum Gasteiger partial charge on any atom is -0.495 e. The van der Waals surface area contributed by atoms with Crippen LogP contribution in [0.4, 0.5) is 0 Å². The molecule has 29 heavy (non-hydrogen) atoms. The fourth-order valence-electron chi connectivity index (χ4n) is 3.51. The molecule has 158 valence electrons. The van der Waals surface area contributed by atoms with Gasteiger partial charge in [-0.2, -0.15) is 0 Å². The number of nitrogens with zero attached hydrogens (tertiary/aromatic N) is 1. The maximum absolute atomic E-state index is 12.6. The highest BCUT2D eigenvalue weighted by Gasteiger charge is 2.22. The molecular formula is C22H30N2O4S. The first-order valence-electron chi connectivity index (χ1n) is 10.0. The topological polar surface area (TPSA) is 67.9 Å². The van der Waals surface area contributed by atoms with Gasteiger partial charge in [0.1, 0.15) is 10.6 Å². The first-order chi connectivity index (χ1) is 14.0. The Morgan fingerprint density at radius 2 is 1.97 bits per heavy atom. The lowest BCUT2D eigenvalue weighted by atomic mass is 10.1. The third kappa shape index (κ3) is 6.02. The van der Waals surface area contributed by atoms with Crippen molar-refractivity contribution in [1.82, 2.24) is 9.62 Å². The maximum Gasteiger partial charge on any atom is 0.244 e. The van der Waals surface area contributed by atoms with Crippen LogP contribution in [0.25, 0.3) is 0 Å². The van der Waals surface area contributed by atoms with Crippen LogP contribution < -0.4 is 9.46 Å². The molecule has 0 amide bonds. The number of hydrogen-bond acceptors (Lipinski definition) is 5. The molecule has 2 aromatic rings. The Morgan fingerprint density at radius 1 is 1.17 bits per heavy atom. The van der Waals surface area contributed by atoms with Gasteiger partial charge in [-0.3, -0.25) is 4.90 Å². The zero-order valence-corrected chi connectivity index (χ0v) is 18.0. The van der Waals surface area contributed by atoms with Crippen LogP contribution in [0.15, 0.2) is 53.4 Å². The van der Waals surface area contributed by atoms with E-state index in [0.29, 0.717) is 12.3 Å². The van der Waals surface area contributed by atoms with Crippen molar-refractivity contribution < 1.29 is 17.9 Å². The normalized spacial score (nSPS) is 17.9. The lowest BCUT2D eigenvalue weighted by Gasteiger charge is -2.33. The number of hydrogen-bond donors (Lipinski definition) is 1. The molecular weight excluding hydrogens is 388 g/mol. The molecule has 0 aliphatic carbocycles. The number of morpholine rings is 1. The van der Waals surface area contributed by atoms with E-state index in [1.807, 2.05) is 31.2 Å². The summed E-state index contributed by atoms with van der Waals surface area (Å²) in [4.78, 5) is 2.58. The third-order valence-corrected chi connectivity index (χ3v) is 6.61. The number of ether oxygens (including phenoxy) is 2. The van der Waals surface area contributed by atoms with Gasteiger partial charge in [0.2, 0.25) is 10.0 Å². The molecule has 1 aliphatic rings. The van der Waals surface area contributed by atoms with Gasteiger partial charge >= 0.3 is 0 Å². The predicted molar refractivity (Wildman–Crippen MR) is 114 cm³/mol. The quantitative estimate of drug-likeness (QED) is 0.634. The lowest BCUT2D eigenvalue weighted by molar-refractivity contribution is -0.0303. The average molecular weight is 419 g/mol. The van der Waals surface area contributed by atoms with Crippen molar-refractivity contribution in [2.45, 2.75) is 30.8 Å². The van der Waals surface area contributed by atoms with Gasteiger partial charge in [-0.1, -0.05) is 36.4 Å². The van der Waals surface area contributed by atoms with Crippen molar-refractivity contribution in [1.29, 1.82) is 0 Å². The van der Waals surface area contributed by atoms with Crippen molar-refractivity contribution in [2.75, 3.05) is 39.9 Å². The summed E-state index contributed by atoms with van der Waals surface area (Å²) in [5.41, 5.74) is 2.09. The average Bonchev–Trinajstić information content (AvgIpc) is 2.74. The minimum atomic E-state index is -3.58. The zero-order chi connectivity index (χ0) is 20.7. The number of benzene rings is 2. The summed E-state index contributed by atoms with van der Waals surface area (Å²) >= 11 is 0. The summed E-state index contributed by atoms with van der Waals surface area (Å²) in [6.45, 7) is 5.71. The molecule has 1 unspecified atom stereocenters. The molecule has 1 heterocycles. The standard InChI is InChI=1S/C22H30N2O4S/c1-18-10-11-20(27-2)22(16-18)29(25,26)23-12-6-7-13-24-14-15-28-21(17-24)19-8-4-3-5-9-19/h3-5,8-11,16,21,23H,6-7,12-15,17H2,1-2H3. The SMILES string of the molecule is COc1ccc(C)cc1S(=O)(=O)NCCCCN1CCOC(c2ccccc2)C1. The molecule has 1 fully saturated rings. The van der Waals surface area contributed by atoms with Gasteiger partial charge in [0, 0.05) is 19.6 Å². The summed E-state index contributed by atoms with van der Waals surface area (Å²) in [7, 11) is -2.10. The number of aryl methyl sites for hydroxylation is 1. The van der Waals surface area contributed by atoms with Crippen LogP contribution >= 0.6 is 0 Å². The van der Waals surface area contributed by atoms with E-state index in [1.165, 1.54) is 12.7 Å². The van der Waals surface area contributed by atoms with Crippen molar-refractivity contribution in [3.05, 3.63) is 59.7 Å². The largest absolute Gasteiger partial charge is 0.495 e. The lowest BCUT2D eigenvalue weighted by Crippen LogP contribution is -2.39. The van der Waals surface area contributed by atoms with Crippen molar-refractivity contribution >= 4 is 10.0 Å². The Kier molecular flexibility index (Phi) is 7.66. The summed E-state index contributed by atoms with van der Waals surface area (Å²) in [6, 6.07) is 15.4. The third-order valence-electron chi connectivity index (χ3n) is 5.12. The number of sulfonamides is 1. The number of nitrogens with one attached hydrogen (secondary N) is 1. The van der Waals surface area contributed by atoms with Crippen LogP contribution in [0, 0.1) is 6.92 Å². The van der Waals surface area contributed by atoms with Crippen LogP contribution in [0.1, 0.15) is 30.1 Å². The predicted octanol–water partition coefficient (Wildman–Crippen LogP) is 3.14. The Labute approximate surface area is 173 Å². The van der Waals surface area contributed by atoms with E-state index in [2.05, 4.69) is 21.8 Å². The second-order valence-corrected chi connectivity index (χ2v) is 9.07. The molecule has 0 radical (unpaired) electrons. The summed E-state index contributed by atoms with van der Waals surface area (Å²) in [5, 5.41) is 0. The Hall–Kier alpha value is -1.93. The summed E-state index contributed by atoms with van der Waals surface area (Å²) in [5.74, 6) is 0.364. The van der Waals surface area contributed by atoms with Crippen LogP contribution in [-0.4, -0.2) is 53.2 Å². The van der Waals surface area contributed by atoms with Crippen LogP contribution in [0.5, 0.6) is 5.75 Å². The first-order valence-corrected chi connectivity index (χ1v) is 11.5. The molecule has 0 bridgehead atoms. The molecule has 0 saturated carbocycles. The van der Waals surface area contributed by atoms with Crippen LogP contribution in [0.3, 0.4) is 0 Å². The van der Waals surface area contributed by atoms with E-state index in [-0.39, 0.29) is 11.0 Å². The van der Waals surface area contributed by atoms with Gasteiger partial charge in [0.15, 0.2) is 0 Å². The smallest absolute Gasteiger partial charge is 0.244 e.